The minimum absolute atomic E-state index is 0.0814. The van der Waals surface area contributed by atoms with E-state index in [2.05, 4.69) is 46.1 Å². The van der Waals surface area contributed by atoms with Gasteiger partial charge >= 0.3 is 0 Å². The minimum atomic E-state index is -3.93. The second kappa shape index (κ2) is 10.1. The number of rotatable bonds is 8. The SMILES string of the molecule is CCOC1=NC(c2nc3ncc(NS(=O)(=O)Cc4ncccn4)nc3n2-c2c(O)cccc2OC)=C=C=C1. The van der Waals surface area contributed by atoms with Gasteiger partial charge in [0.15, 0.2) is 28.6 Å². The van der Waals surface area contributed by atoms with Crippen molar-refractivity contribution in [3.05, 3.63) is 72.0 Å². The summed E-state index contributed by atoms with van der Waals surface area (Å²) >= 11 is 0. The Labute approximate surface area is 216 Å². The van der Waals surface area contributed by atoms with Crippen molar-refractivity contribution in [2.24, 2.45) is 4.99 Å². The minimum Gasteiger partial charge on any atom is -0.506 e. The largest absolute Gasteiger partial charge is 0.506 e. The van der Waals surface area contributed by atoms with E-state index in [1.54, 1.807) is 18.2 Å². The summed E-state index contributed by atoms with van der Waals surface area (Å²) in [6.45, 7) is 2.20. The molecule has 0 atom stereocenters. The molecule has 0 radical (unpaired) electrons. The lowest BCUT2D eigenvalue weighted by molar-refractivity contribution is 0.330. The van der Waals surface area contributed by atoms with E-state index in [1.807, 2.05) is 6.92 Å². The molecule has 1 aliphatic rings. The molecule has 0 bridgehead atoms. The van der Waals surface area contributed by atoms with Crippen molar-refractivity contribution >= 4 is 38.7 Å². The number of phenolic OH excluding ortho intramolecular Hbond substituents is 1. The highest BCUT2D eigenvalue weighted by atomic mass is 32.2. The Kier molecular flexibility index (Phi) is 6.58. The van der Waals surface area contributed by atoms with Crippen LogP contribution in [0, 0.1) is 0 Å². The van der Waals surface area contributed by atoms with E-state index >= 15 is 0 Å². The summed E-state index contributed by atoms with van der Waals surface area (Å²) in [5.41, 5.74) is 6.42. The molecule has 1 aromatic carbocycles. The maximum Gasteiger partial charge on any atom is 0.241 e. The molecule has 38 heavy (non-hydrogen) atoms. The molecular weight excluding hydrogens is 512 g/mol. The van der Waals surface area contributed by atoms with E-state index in [1.165, 1.54) is 42.4 Å². The molecule has 4 aromatic rings. The van der Waals surface area contributed by atoms with Crippen molar-refractivity contribution in [1.29, 1.82) is 0 Å². The van der Waals surface area contributed by atoms with Gasteiger partial charge in [-0.05, 0) is 30.9 Å². The molecule has 1 aliphatic heterocycles. The third-order valence-electron chi connectivity index (χ3n) is 5.10. The second-order valence-corrected chi connectivity index (χ2v) is 9.40. The van der Waals surface area contributed by atoms with Crippen molar-refractivity contribution in [3.63, 3.8) is 0 Å². The van der Waals surface area contributed by atoms with Gasteiger partial charge in [0, 0.05) is 12.4 Å². The van der Waals surface area contributed by atoms with Crippen molar-refractivity contribution < 1.29 is 23.0 Å². The summed E-state index contributed by atoms with van der Waals surface area (Å²) < 4.78 is 40.3. The van der Waals surface area contributed by atoms with Crippen LogP contribution in [-0.4, -0.2) is 62.6 Å². The predicted molar refractivity (Wildman–Crippen MR) is 137 cm³/mol. The van der Waals surface area contributed by atoms with Crippen LogP contribution in [0.3, 0.4) is 0 Å². The van der Waals surface area contributed by atoms with E-state index < -0.39 is 15.8 Å². The van der Waals surface area contributed by atoms with Crippen molar-refractivity contribution in [2.75, 3.05) is 18.4 Å². The Morgan fingerprint density at radius 2 is 1.95 bits per heavy atom. The summed E-state index contributed by atoms with van der Waals surface area (Å²) in [4.78, 5) is 25.6. The van der Waals surface area contributed by atoms with Gasteiger partial charge < -0.3 is 14.6 Å². The molecule has 5 rings (SSSR count). The molecule has 0 unspecified atom stereocenters. The molecule has 14 heteroatoms. The number of hydrogen-bond donors (Lipinski definition) is 2. The van der Waals surface area contributed by atoms with Crippen LogP contribution in [0.25, 0.3) is 22.7 Å². The maximum absolute atomic E-state index is 12.8. The topological polar surface area (TPSA) is 167 Å². The van der Waals surface area contributed by atoms with Crippen LogP contribution in [0.2, 0.25) is 0 Å². The highest BCUT2D eigenvalue weighted by molar-refractivity contribution is 7.91. The van der Waals surface area contributed by atoms with Gasteiger partial charge in [-0.25, -0.2) is 38.3 Å². The number of para-hydroxylation sites is 1. The number of hydrogen-bond acceptors (Lipinski definition) is 11. The summed E-state index contributed by atoms with van der Waals surface area (Å²) in [5, 5.41) is 10.8. The van der Waals surface area contributed by atoms with Gasteiger partial charge in [-0.3, -0.25) is 9.29 Å². The maximum atomic E-state index is 12.8. The lowest BCUT2D eigenvalue weighted by Gasteiger charge is -2.14. The first-order chi connectivity index (χ1) is 18.4. The fourth-order valence-corrected chi connectivity index (χ4v) is 4.58. The van der Waals surface area contributed by atoms with Gasteiger partial charge in [0.2, 0.25) is 15.9 Å². The first-order valence-corrected chi connectivity index (χ1v) is 12.9. The van der Waals surface area contributed by atoms with Crippen molar-refractivity contribution in [1.82, 2.24) is 29.5 Å². The van der Waals surface area contributed by atoms with Crippen LogP contribution in [-0.2, 0) is 20.5 Å². The number of aromatic hydroxyl groups is 1. The molecular formula is C24H20N8O5S. The van der Waals surface area contributed by atoms with Crippen LogP contribution >= 0.6 is 0 Å². The summed E-state index contributed by atoms with van der Waals surface area (Å²) in [5.74, 6) is 0.198. The zero-order valence-corrected chi connectivity index (χ0v) is 21.0. The number of sulfonamides is 1. The Morgan fingerprint density at radius 3 is 2.71 bits per heavy atom. The van der Waals surface area contributed by atoms with Crippen LogP contribution in [0.5, 0.6) is 11.5 Å². The lowest BCUT2D eigenvalue weighted by atomic mass is 10.2. The zero-order valence-electron chi connectivity index (χ0n) is 20.2. The number of aromatic nitrogens is 6. The standard InChI is InChI=1S/C24H20N8O5S/c1-3-37-20-10-4-7-15(28-20)23-30-22-24(32(23)21-16(33)8-5-9-17(21)36-2)29-18(13-27-22)31-38(34,35)14-19-25-11-6-12-26-19/h5-6,8-13,33H,3,14H2,1-2H3,(H,29,31). The summed E-state index contributed by atoms with van der Waals surface area (Å²) in [6, 6.07) is 6.31. The molecule has 0 aliphatic carbocycles. The number of methoxy groups -OCH3 is 1. The average molecular weight is 533 g/mol. The van der Waals surface area contributed by atoms with Crippen LogP contribution < -0.4 is 9.46 Å². The highest BCUT2D eigenvalue weighted by Crippen LogP contribution is 2.36. The van der Waals surface area contributed by atoms with Gasteiger partial charge in [-0.15, -0.1) is 0 Å². The molecule has 192 valence electrons. The fourth-order valence-electron chi connectivity index (χ4n) is 3.61. The molecule has 0 spiro atoms. The number of aliphatic imine (C=N–C) groups is 1. The second-order valence-electron chi connectivity index (χ2n) is 7.67. The Balaban J connectivity index is 1.67. The van der Waals surface area contributed by atoms with E-state index in [9.17, 15) is 13.5 Å². The van der Waals surface area contributed by atoms with E-state index in [0.29, 0.717) is 18.3 Å². The monoisotopic (exact) mass is 532 g/mol. The van der Waals surface area contributed by atoms with Crippen LogP contribution in [0.1, 0.15) is 18.6 Å². The molecule has 3 aromatic heterocycles. The number of benzene rings is 1. The number of nitrogens with one attached hydrogen (secondary N) is 1. The van der Waals surface area contributed by atoms with E-state index in [-0.39, 0.29) is 45.9 Å². The van der Waals surface area contributed by atoms with Gasteiger partial charge in [0.1, 0.15) is 28.8 Å². The molecule has 13 nitrogen and oxygen atoms in total. The van der Waals surface area contributed by atoms with Gasteiger partial charge in [0.25, 0.3) is 0 Å². The number of phenols is 1. The third kappa shape index (κ3) is 4.95. The van der Waals surface area contributed by atoms with Crippen LogP contribution in [0.15, 0.2) is 65.4 Å². The fraction of sp³-hybridized carbons (Fsp3) is 0.167. The molecule has 4 heterocycles. The summed E-state index contributed by atoms with van der Waals surface area (Å²) in [7, 11) is -2.49. The molecule has 0 saturated carbocycles. The Bertz CT molecular complexity index is 1770. The Morgan fingerprint density at radius 1 is 1.13 bits per heavy atom. The van der Waals surface area contributed by atoms with E-state index in [4.69, 9.17) is 9.47 Å². The number of nitrogens with zero attached hydrogens (tertiary/aromatic N) is 7. The quantitative estimate of drug-likeness (QED) is 0.322. The molecule has 0 fully saturated rings. The smallest absolute Gasteiger partial charge is 0.241 e. The average Bonchev–Trinajstić information content (AvgIpc) is 3.27. The Hall–Kier alpha value is -5.03. The predicted octanol–water partition coefficient (Wildman–Crippen LogP) is 2.36. The molecule has 0 saturated heterocycles. The van der Waals surface area contributed by atoms with Crippen molar-refractivity contribution in [3.8, 4) is 17.2 Å². The van der Waals surface area contributed by atoms with Gasteiger partial charge in [-0.2, -0.15) is 0 Å². The van der Waals surface area contributed by atoms with Gasteiger partial charge in [0.05, 0.1) is 26.0 Å². The van der Waals surface area contributed by atoms with Gasteiger partial charge in [-0.1, -0.05) is 11.8 Å². The normalized spacial score (nSPS) is 12.8. The summed E-state index contributed by atoms with van der Waals surface area (Å²) in [6.07, 6.45) is 5.66. The first-order valence-electron chi connectivity index (χ1n) is 11.2. The van der Waals surface area contributed by atoms with E-state index in [0.717, 1.165) is 0 Å². The zero-order chi connectivity index (χ0) is 26.7. The first kappa shape index (κ1) is 24.7. The van der Waals surface area contributed by atoms with Crippen LogP contribution in [0.4, 0.5) is 5.82 Å². The number of fused-ring (bicyclic) bond motifs is 1. The highest BCUT2D eigenvalue weighted by Gasteiger charge is 2.25. The number of imidazole rings is 1. The molecule has 2 N–H and O–H groups in total. The third-order valence-corrected chi connectivity index (χ3v) is 6.26. The molecule has 0 amide bonds. The van der Waals surface area contributed by atoms with Crippen molar-refractivity contribution in [2.45, 2.75) is 12.7 Å². The lowest BCUT2D eigenvalue weighted by Crippen LogP contribution is -2.17. The number of anilines is 1. The number of ether oxygens (including phenoxy) is 2.